The Morgan fingerprint density at radius 1 is 0.864 bits per heavy atom. The lowest BCUT2D eigenvalue weighted by Crippen LogP contribution is -2.38. The molecule has 4 rings (SSSR count). The highest BCUT2D eigenvalue weighted by atomic mass is 19.4. The van der Waals surface area contributed by atoms with Crippen molar-refractivity contribution in [2.45, 2.75) is 84.9 Å². The Kier molecular flexibility index (Phi) is 19.7. The average Bonchev–Trinajstić information content (AvgIpc) is 3.53. The van der Waals surface area contributed by atoms with Gasteiger partial charge in [-0.2, -0.15) is 13.2 Å². The van der Waals surface area contributed by atoms with Crippen LogP contribution in [-0.4, -0.2) is 85.8 Å². The molecule has 1 fully saturated rings. The number of benzene rings is 2. The van der Waals surface area contributed by atoms with Crippen molar-refractivity contribution in [2.24, 2.45) is 0 Å². The molecule has 320 valence electrons. The largest absolute Gasteiger partial charge is 0.416 e. The van der Waals surface area contributed by atoms with E-state index in [2.05, 4.69) is 83.2 Å². The number of hydrogen-bond acceptors (Lipinski definition) is 6. The van der Waals surface area contributed by atoms with E-state index in [1.807, 2.05) is 28.6 Å². The van der Waals surface area contributed by atoms with Crippen LogP contribution in [0.25, 0.3) is 11.0 Å². The number of hydrogen-bond donors (Lipinski definition) is 2. The highest BCUT2D eigenvalue weighted by Gasteiger charge is 2.33. The number of ether oxygens (including phenoxy) is 1. The van der Waals surface area contributed by atoms with Gasteiger partial charge in [0.15, 0.2) is 0 Å². The normalized spacial score (nSPS) is 14.1. The van der Waals surface area contributed by atoms with Gasteiger partial charge < -0.3 is 29.7 Å². The van der Waals surface area contributed by atoms with Crippen molar-refractivity contribution in [1.29, 1.82) is 0 Å². The summed E-state index contributed by atoms with van der Waals surface area (Å²) in [6, 6.07) is 8.04. The van der Waals surface area contributed by atoms with E-state index in [1.54, 1.807) is 13.0 Å². The molecule has 0 aliphatic carbocycles. The summed E-state index contributed by atoms with van der Waals surface area (Å²) in [5, 5.41) is 6.03. The van der Waals surface area contributed by atoms with Gasteiger partial charge in [-0.15, -0.1) is 0 Å². The molecule has 1 aromatic heterocycles. The van der Waals surface area contributed by atoms with E-state index < -0.39 is 11.7 Å². The monoisotopic (exact) mass is 816 g/mol. The van der Waals surface area contributed by atoms with Crippen LogP contribution in [0.4, 0.5) is 18.9 Å². The molecule has 2 aromatic carbocycles. The zero-order valence-corrected chi connectivity index (χ0v) is 35.3. The lowest BCUT2D eigenvalue weighted by Gasteiger charge is -2.29. The fourth-order valence-electron chi connectivity index (χ4n) is 6.82. The number of amides is 2. The van der Waals surface area contributed by atoms with E-state index in [0.29, 0.717) is 86.9 Å². The molecule has 0 bridgehead atoms. The number of allylic oxidation sites excluding steroid dienone is 10. The Morgan fingerprint density at radius 3 is 2.10 bits per heavy atom. The molecule has 2 amide bonds. The van der Waals surface area contributed by atoms with Crippen LogP contribution in [0.3, 0.4) is 0 Å². The van der Waals surface area contributed by atoms with Crippen molar-refractivity contribution in [3.05, 3.63) is 119 Å². The second-order valence-corrected chi connectivity index (χ2v) is 14.8. The maximum absolute atomic E-state index is 13.7. The molecule has 0 saturated carbocycles. The van der Waals surface area contributed by atoms with Gasteiger partial charge in [-0.05, 0) is 95.2 Å². The van der Waals surface area contributed by atoms with Crippen LogP contribution in [0, 0.1) is 13.8 Å². The van der Waals surface area contributed by atoms with Crippen LogP contribution >= 0.6 is 0 Å². The summed E-state index contributed by atoms with van der Waals surface area (Å²) in [4.78, 5) is 35.1. The Hall–Kier alpha value is -4.94. The van der Waals surface area contributed by atoms with E-state index in [4.69, 9.17) is 9.72 Å². The Balaban J connectivity index is 1.20. The number of alkyl halides is 3. The molecule has 0 radical (unpaired) electrons. The molecular formula is C47H63F3N6O3. The number of likely N-dealkylation sites (N-methyl/N-ethyl adjacent to an activating group) is 1. The molecule has 9 nitrogen and oxygen atoms in total. The fourth-order valence-corrected chi connectivity index (χ4v) is 6.82. The first-order valence-electron chi connectivity index (χ1n) is 21.0. The molecule has 1 saturated heterocycles. The number of nitrogens with zero attached hydrogens (tertiary/aromatic N) is 4. The minimum Gasteiger partial charge on any atom is -0.378 e. The average molecular weight is 817 g/mol. The number of unbranched alkanes of at least 4 members (excludes halogenated alkanes) is 1. The molecule has 0 unspecified atom stereocenters. The minimum atomic E-state index is -4.46. The van der Waals surface area contributed by atoms with Gasteiger partial charge in [0.25, 0.3) is 5.91 Å². The first-order chi connectivity index (χ1) is 28.5. The van der Waals surface area contributed by atoms with Gasteiger partial charge in [-0.3, -0.25) is 9.59 Å². The van der Waals surface area contributed by atoms with Gasteiger partial charge in [-0.1, -0.05) is 79.8 Å². The summed E-state index contributed by atoms with van der Waals surface area (Å²) < 4.78 is 48.6. The lowest BCUT2D eigenvalue weighted by molar-refractivity contribution is -0.138. The number of anilines is 1. The number of rotatable bonds is 23. The molecule has 12 heteroatoms. The van der Waals surface area contributed by atoms with Crippen LogP contribution in [-0.2, 0) is 22.3 Å². The van der Waals surface area contributed by atoms with Crippen LogP contribution in [0.5, 0.6) is 0 Å². The van der Waals surface area contributed by atoms with Crippen molar-refractivity contribution in [1.82, 2.24) is 25.1 Å². The lowest BCUT2D eigenvalue weighted by atomic mass is 10.0. The maximum atomic E-state index is 13.7. The summed E-state index contributed by atoms with van der Waals surface area (Å²) in [5.41, 5.74) is 2.46. The standard InChI is InChI=1S/C47H63F3N6O3/c1-5-6-7-8-9-10-11-12-13-14-15-16-17-18-19-20-21-25-44(57)51-26-28-54(4)29-27-52-46(58)41-34-40(55-30-32-59-33-31-55)35-43-45(41)53-38(3)56(43)36-39-23-22-24-42(37(39)2)47(48,49)50/h6-7,9-10,12-13,15-16,18-19,22-24,34-35H,5,8,11,14,17,20-21,25-33,36H2,1-4H3,(H,51,57)(H,52,58)/b7-6+,10-9+,13-12+,16-15+,19-18+. The van der Waals surface area contributed by atoms with E-state index in [0.717, 1.165) is 56.7 Å². The van der Waals surface area contributed by atoms with Crippen molar-refractivity contribution < 1.29 is 27.5 Å². The summed E-state index contributed by atoms with van der Waals surface area (Å²) in [7, 11) is 1.94. The van der Waals surface area contributed by atoms with Gasteiger partial charge in [0, 0.05) is 57.9 Å². The third-order valence-electron chi connectivity index (χ3n) is 10.3. The van der Waals surface area contributed by atoms with E-state index in [1.165, 1.54) is 13.0 Å². The van der Waals surface area contributed by atoms with Crippen LogP contribution in [0.15, 0.2) is 91.1 Å². The number of fused-ring (bicyclic) bond motifs is 1. The summed E-state index contributed by atoms with van der Waals surface area (Å²) >= 11 is 0. The highest BCUT2D eigenvalue weighted by Crippen LogP contribution is 2.34. The second kappa shape index (κ2) is 24.9. The number of aromatic nitrogens is 2. The number of carbonyl (C=O) groups excluding carboxylic acids is 2. The molecule has 3 aromatic rings. The molecule has 1 aliphatic rings. The smallest absolute Gasteiger partial charge is 0.378 e. The molecule has 0 spiro atoms. The van der Waals surface area contributed by atoms with Gasteiger partial charge >= 0.3 is 6.18 Å². The van der Waals surface area contributed by atoms with Crippen LogP contribution in [0.2, 0.25) is 0 Å². The van der Waals surface area contributed by atoms with Gasteiger partial charge in [0.2, 0.25) is 5.91 Å². The van der Waals surface area contributed by atoms with Crippen LogP contribution in [0.1, 0.15) is 91.2 Å². The molecule has 2 heterocycles. The zero-order chi connectivity index (χ0) is 42.5. The third-order valence-corrected chi connectivity index (χ3v) is 10.3. The maximum Gasteiger partial charge on any atom is 0.416 e. The Labute approximate surface area is 348 Å². The molecular weight excluding hydrogens is 754 g/mol. The van der Waals surface area contributed by atoms with Gasteiger partial charge in [0.05, 0.1) is 29.9 Å². The van der Waals surface area contributed by atoms with E-state index in [9.17, 15) is 22.8 Å². The van der Waals surface area contributed by atoms with Gasteiger partial charge in [0.1, 0.15) is 11.3 Å². The summed E-state index contributed by atoms with van der Waals surface area (Å²) in [5.74, 6) is 0.348. The first-order valence-corrected chi connectivity index (χ1v) is 21.0. The zero-order valence-electron chi connectivity index (χ0n) is 35.3. The highest BCUT2D eigenvalue weighted by molar-refractivity contribution is 6.06. The van der Waals surface area contributed by atoms with E-state index in [-0.39, 0.29) is 23.9 Å². The topological polar surface area (TPSA) is 91.7 Å². The summed E-state index contributed by atoms with van der Waals surface area (Å²) in [6.45, 7) is 10.1. The summed E-state index contributed by atoms with van der Waals surface area (Å²) in [6.07, 6.45) is 24.3. The van der Waals surface area contributed by atoms with E-state index >= 15 is 0 Å². The Bertz CT molecular complexity index is 1940. The molecule has 2 N–H and O–H groups in total. The number of carbonyl (C=O) groups is 2. The minimum absolute atomic E-state index is 0.0289. The molecule has 59 heavy (non-hydrogen) atoms. The Morgan fingerprint density at radius 2 is 1.47 bits per heavy atom. The van der Waals surface area contributed by atoms with Crippen molar-refractivity contribution in [3.8, 4) is 0 Å². The van der Waals surface area contributed by atoms with Crippen molar-refractivity contribution in [3.63, 3.8) is 0 Å². The predicted octanol–water partition coefficient (Wildman–Crippen LogP) is 9.26. The molecule has 0 atom stereocenters. The van der Waals surface area contributed by atoms with Crippen LogP contribution < -0.4 is 15.5 Å². The fraction of sp³-hybridized carbons (Fsp3) is 0.468. The number of nitrogens with one attached hydrogen (secondary N) is 2. The van der Waals surface area contributed by atoms with Crippen molar-refractivity contribution in [2.75, 3.05) is 64.4 Å². The third kappa shape index (κ3) is 15.6. The SMILES string of the molecule is CC/C=C/C/C=C/C/C=C/C/C=C/C/C=C/CCCC(=O)NCCN(C)CCNC(=O)c1cc(N2CCOCC2)cc2c1nc(C)n2Cc1cccc(C(F)(F)F)c1C. The first kappa shape index (κ1) is 46.7. The second-order valence-electron chi connectivity index (χ2n) is 14.8. The number of halogens is 3. The number of aryl methyl sites for hydroxylation is 1. The molecule has 1 aliphatic heterocycles. The van der Waals surface area contributed by atoms with Crippen molar-refractivity contribution >= 4 is 28.5 Å². The number of imidazole rings is 1. The van der Waals surface area contributed by atoms with Gasteiger partial charge in [-0.25, -0.2) is 4.98 Å². The number of morpholine rings is 1. The predicted molar refractivity (Wildman–Crippen MR) is 234 cm³/mol. The quantitative estimate of drug-likeness (QED) is 0.0733.